The summed E-state index contributed by atoms with van der Waals surface area (Å²) in [6, 6.07) is 7.77. The molecule has 0 unspecified atom stereocenters. The van der Waals surface area contributed by atoms with E-state index < -0.39 is 89.7 Å². The van der Waals surface area contributed by atoms with Crippen LogP contribution in [0.3, 0.4) is 0 Å². The van der Waals surface area contributed by atoms with Crippen LogP contribution in [0, 0.1) is 23.7 Å². The molecule has 0 saturated carbocycles. The molecule has 3 saturated heterocycles. The van der Waals surface area contributed by atoms with Crippen molar-refractivity contribution in [3.05, 3.63) is 48.4 Å². The van der Waals surface area contributed by atoms with Gasteiger partial charge in [-0.15, -0.1) is 0 Å². The van der Waals surface area contributed by atoms with Gasteiger partial charge >= 0.3 is 18.0 Å². The van der Waals surface area contributed by atoms with Crippen LogP contribution in [0.25, 0.3) is 11.2 Å². The molecule has 1 N–H and O–H groups in total. The van der Waals surface area contributed by atoms with Crippen molar-refractivity contribution in [3.63, 3.8) is 0 Å². The first-order valence-electron chi connectivity index (χ1n) is 24.1. The minimum atomic E-state index is -1.45. The number of carbonyl (C=O) groups excluding carboxylic acids is 4. The lowest BCUT2D eigenvalue weighted by atomic mass is 9.73. The molecule has 4 aliphatic heterocycles. The molecule has 4 aliphatic rings. The summed E-state index contributed by atoms with van der Waals surface area (Å²) in [5.74, 6) is -3.86. The number of aliphatic hydroxyl groups is 1. The Morgan fingerprint density at radius 1 is 0.985 bits per heavy atom. The summed E-state index contributed by atoms with van der Waals surface area (Å²) in [4.78, 5) is 70.6. The predicted molar refractivity (Wildman–Crippen MR) is 247 cm³/mol. The van der Waals surface area contributed by atoms with E-state index in [4.69, 9.17) is 37.9 Å². The van der Waals surface area contributed by atoms with Crippen molar-refractivity contribution in [1.29, 1.82) is 0 Å². The smallest absolute Gasteiger partial charge is 0.410 e. The highest BCUT2D eigenvalue weighted by Crippen LogP contribution is 2.44. The molecule has 18 nitrogen and oxygen atoms in total. The molecule has 3 fully saturated rings. The van der Waals surface area contributed by atoms with Crippen LogP contribution in [0.2, 0.25) is 0 Å². The molecule has 0 radical (unpaired) electrons. The molecular formula is C50H71N5O13. The zero-order valence-electron chi connectivity index (χ0n) is 41.4. The number of cyclic esters (lactones) is 1. The number of hydrogen-bond donors (Lipinski definition) is 1. The predicted octanol–water partition coefficient (Wildman–Crippen LogP) is 5.73. The number of hydrogen-bond acceptors (Lipinski definition) is 16. The van der Waals surface area contributed by atoms with Gasteiger partial charge in [0, 0.05) is 50.2 Å². The number of Topliss-reactive ketones (excluding diaryl/α,β-unsaturated/α-hetero) is 1. The van der Waals surface area contributed by atoms with Crippen molar-refractivity contribution < 1.29 is 62.2 Å². The molecule has 2 aromatic heterocycles. The Balaban J connectivity index is 1.24. The number of imidazole rings is 1. The summed E-state index contributed by atoms with van der Waals surface area (Å²) >= 11 is 0. The molecule has 374 valence electrons. The molecule has 68 heavy (non-hydrogen) atoms. The summed E-state index contributed by atoms with van der Waals surface area (Å²) in [5, 5.41) is 11.8. The third-order valence-electron chi connectivity index (χ3n) is 14.8. The van der Waals surface area contributed by atoms with Gasteiger partial charge in [-0.2, -0.15) is 0 Å². The van der Waals surface area contributed by atoms with Gasteiger partial charge in [0.1, 0.15) is 29.6 Å². The number of unbranched alkanes of at least 4 members (excludes halogenated alkanes) is 1. The maximum Gasteiger partial charge on any atom is 0.410 e. The summed E-state index contributed by atoms with van der Waals surface area (Å²) in [6.45, 7) is 15.3. The van der Waals surface area contributed by atoms with Crippen LogP contribution in [0.5, 0.6) is 11.5 Å². The fourth-order valence-corrected chi connectivity index (χ4v) is 11.1. The molecule has 1 amide bonds. The van der Waals surface area contributed by atoms with Gasteiger partial charge < -0.3 is 57.4 Å². The lowest BCUT2D eigenvalue weighted by Crippen LogP contribution is -2.61. The van der Waals surface area contributed by atoms with Crippen LogP contribution in [0.4, 0.5) is 4.79 Å². The van der Waals surface area contributed by atoms with Crippen LogP contribution in [0.15, 0.2) is 42.9 Å². The fourth-order valence-electron chi connectivity index (χ4n) is 11.1. The Bertz CT molecular complexity index is 2270. The topological polar surface area (TPSA) is 200 Å². The molecule has 1 aromatic carbocycles. The second-order valence-electron chi connectivity index (χ2n) is 19.9. The minimum Gasteiger partial charge on any atom is -0.461 e. The molecule has 0 bridgehead atoms. The molecule has 6 heterocycles. The highest BCUT2D eigenvalue weighted by atomic mass is 16.7. The van der Waals surface area contributed by atoms with Crippen molar-refractivity contribution in [2.75, 3.05) is 34.5 Å². The fraction of sp³-hybridized carbons (Fsp3) is 0.680. The molecule has 18 heteroatoms. The molecule has 0 aliphatic carbocycles. The Kier molecular flexibility index (Phi) is 15.7. The number of esters is 2. The van der Waals surface area contributed by atoms with Crippen LogP contribution < -0.4 is 9.47 Å². The van der Waals surface area contributed by atoms with Crippen molar-refractivity contribution in [3.8, 4) is 11.5 Å². The number of ether oxygens (including phenoxy) is 8. The Hall–Kier alpha value is -4.88. The largest absolute Gasteiger partial charge is 0.461 e. The van der Waals surface area contributed by atoms with Gasteiger partial charge in [-0.25, -0.2) is 14.8 Å². The highest BCUT2D eigenvalue weighted by Gasteiger charge is 2.60. The number of benzene rings is 1. The third kappa shape index (κ3) is 10.3. The van der Waals surface area contributed by atoms with Gasteiger partial charge in [0.25, 0.3) is 0 Å². The van der Waals surface area contributed by atoms with Crippen LogP contribution in [-0.4, -0.2) is 148 Å². The number of nitrogens with zero attached hydrogens (tertiary/aromatic N) is 5. The average Bonchev–Trinajstić information content (AvgIpc) is 4.02. The number of amides is 1. The molecular weight excluding hydrogens is 879 g/mol. The number of methoxy groups -OCH3 is 1. The standard InChI is InChI=1S/C50H71N5O13/c1-12-38-50(8)43(55(48(60)68-50)21-14-13-20-54-26-52-34-16-15-19-51-45(34)54)30(4)40(57)28(2)25-49(7,61-11)44(67-47-41(58)35(53(9)10)22-29(3)64-47)31(5)42(32(6)46(59)65-38)66-39(56)24-33-17-18-36-37(23-33)63-27-62-36/h15-19,23,26,28-32,35,38,41-44,47,58H,12-14,20-22,24-25,27H2,1-11H3/t28-,29-,30+,31+,32-,35+,38-,41-,42+,43-,44-,47+,49+,50-/m1/s1. The Morgan fingerprint density at radius 3 is 2.44 bits per heavy atom. The lowest BCUT2D eigenvalue weighted by Gasteiger charge is -2.48. The van der Waals surface area contributed by atoms with E-state index in [1.54, 1.807) is 63.3 Å². The summed E-state index contributed by atoms with van der Waals surface area (Å²) in [7, 11) is 5.28. The van der Waals surface area contributed by atoms with Gasteiger partial charge in [0.2, 0.25) is 6.79 Å². The maximum atomic E-state index is 15.1. The second-order valence-corrected chi connectivity index (χ2v) is 19.9. The number of aryl methyl sites for hydroxylation is 1. The van der Waals surface area contributed by atoms with Crippen molar-refractivity contribution in [1.82, 2.24) is 24.3 Å². The van der Waals surface area contributed by atoms with Crippen molar-refractivity contribution in [2.45, 2.75) is 161 Å². The third-order valence-corrected chi connectivity index (χ3v) is 14.8. The number of likely N-dealkylation sites (N-methyl/N-ethyl adjacent to an activating group) is 1. The monoisotopic (exact) mass is 950 g/mol. The normalized spacial score (nSPS) is 34.7. The SMILES string of the molecule is CC[C@H]1OC(=O)[C@H](C)[C@@H](OC(=O)Cc2ccc3c(c2)OCO3)[C@H](C)[C@@H](O[C@@H]2O[C@H](C)C[C@H](N(C)C)[C@H]2O)[C@@](C)(OC)C[C@@H](C)C(=O)[C@H](C)[C@H]2N(CCCCn3cnc4cccnc43)C(=O)O[C@]12C. The van der Waals surface area contributed by atoms with E-state index >= 15 is 4.79 Å². The average molecular weight is 950 g/mol. The number of rotatable bonds is 13. The quantitative estimate of drug-likeness (QED) is 0.124. The van der Waals surface area contributed by atoms with Gasteiger partial charge in [0.05, 0.1) is 42.5 Å². The number of fused-ring (bicyclic) bond motifs is 3. The minimum absolute atomic E-state index is 0.0668. The van der Waals surface area contributed by atoms with Gasteiger partial charge in [-0.1, -0.05) is 33.8 Å². The van der Waals surface area contributed by atoms with Crippen molar-refractivity contribution in [2.24, 2.45) is 23.7 Å². The number of aliphatic hydroxyl groups excluding tert-OH is 1. The van der Waals surface area contributed by atoms with E-state index in [9.17, 15) is 19.5 Å². The Labute approximate surface area is 399 Å². The zero-order chi connectivity index (χ0) is 49.2. The maximum absolute atomic E-state index is 15.1. The molecule has 0 spiro atoms. The first kappa shape index (κ1) is 51.0. The zero-order valence-corrected chi connectivity index (χ0v) is 41.4. The first-order valence-corrected chi connectivity index (χ1v) is 24.1. The van der Waals surface area contributed by atoms with Crippen LogP contribution in [0.1, 0.15) is 93.1 Å². The Morgan fingerprint density at radius 2 is 1.72 bits per heavy atom. The lowest BCUT2D eigenvalue weighted by molar-refractivity contribution is -0.301. The number of aromatic nitrogens is 3. The summed E-state index contributed by atoms with van der Waals surface area (Å²) in [6.07, 6.45) is -0.971. The summed E-state index contributed by atoms with van der Waals surface area (Å²) in [5.41, 5.74) is -0.608. The van der Waals surface area contributed by atoms with Gasteiger partial charge in [-0.05, 0) is 104 Å². The van der Waals surface area contributed by atoms with Gasteiger partial charge in [0.15, 0.2) is 29.0 Å². The second kappa shape index (κ2) is 21.0. The van der Waals surface area contributed by atoms with Crippen molar-refractivity contribution >= 4 is 35.0 Å². The van der Waals surface area contributed by atoms with E-state index in [1.165, 1.54) is 7.11 Å². The van der Waals surface area contributed by atoms with Crippen LogP contribution in [-0.2, 0) is 55.8 Å². The number of pyridine rings is 1. The first-order chi connectivity index (χ1) is 32.3. The van der Waals surface area contributed by atoms with E-state index in [-0.39, 0.29) is 50.5 Å². The van der Waals surface area contributed by atoms with E-state index in [1.807, 2.05) is 63.4 Å². The summed E-state index contributed by atoms with van der Waals surface area (Å²) < 4.78 is 51.7. The molecule has 14 atom stereocenters. The highest BCUT2D eigenvalue weighted by molar-refractivity contribution is 5.85. The number of ketones is 1. The molecule has 3 aromatic rings. The molecule has 7 rings (SSSR count). The van der Waals surface area contributed by atoms with Gasteiger partial charge in [-0.3, -0.25) is 14.4 Å². The van der Waals surface area contributed by atoms with Crippen LogP contribution >= 0.6 is 0 Å². The van der Waals surface area contributed by atoms with E-state index in [2.05, 4.69) is 9.97 Å². The number of carbonyl (C=O) groups is 4. The van der Waals surface area contributed by atoms with E-state index in [0.29, 0.717) is 42.9 Å². The van der Waals surface area contributed by atoms with E-state index in [0.717, 1.165) is 11.2 Å².